The second kappa shape index (κ2) is 6.67. The lowest BCUT2D eigenvalue weighted by molar-refractivity contribution is 0.102. The van der Waals surface area contributed by atoms with E-state index in [0.717, 1.165) is 18.7 Å². The summed E-state index contributed by atoms with van der Waals surface area (Å²) in [4.78, 5) is 16.4. The first-order valence-corrected chi connectivity index (χ1v) is 7.53. The maximum Gasteiger partial charge on any atom is 0.260 e. The maximum atomic E-state index is 12.0. The molecule has 0 spiro atoms. The summed E-state index contributed by atoms with van der Waals surface area (Å²) < 4.78 is 5.12. The molecule has 6 heteroatoms. The molecule has 1 amide bonds. The third kappa shape index (κ3) is 3.68. The molecule has 0 aromatic carbocycles. The SMILES string of the molecule is CCCNC(C)c1csc(NC(=O)c2coc(C)c2)n1. The van der Waals surface area contributed by atoms with Crippen molar-refractivity contribution < 1.29 is 9.21 Å². The van der Waals surface area contributed by atoms with E-state index >= 15 is 0 Å². The molecule has 20 heavy (non-hydrogen) atoms. The van der Waals surface area contributed by atoms with Crippen LogP contribution in [0.5, 0.6) is 0 Å². The van der Waals surface area contributed by atoms with E-state index in [4.69, 9.17) is 4.42 Å². The minimum absolute atomic E-state index is 0.188. The smallest absolute Gasteiger partial charge is 0.260 e. The van der Waals surface area contributed by atoms with Crippen LogP contribution in [0.25, 0.3) is 0 Å². The molecule has 0 bridgehead atoms. The van der Waals surface area contributed by atoms with Gasteiger partial charge in [-0.05, 0) is 32.9 Å². The van der Waals surface area contributed by atoms with E-state index in [1.807, 2.05) is 5.38 Å². The predicted octanol–water partition coefficient (Wildman–Crippen LogP) is 3.36. The second-order valence-electron chi connectivity index (χ2n) is 4.65. The first-order chi connectivity index (χ1) is 9.60. The summed E-state index contributed by atoms with van der Waals surface area (Å²) in [5.41, 5.74) is 1.46. The highest BCUT2D eigenvalue weighted by atomic mass is 32.1. The molecular formula is C14H19N3O2S. The van der Waals surface area contributed by atoms with E-state index in [2.05, 4.69) is 29.5 Å². The molecule has 2 heterocycles. The van der Waals surface area contributed by atoms with Crippen molar-refractivity contribution in [1.82, 2.24) is 10.3 Å². The monoisotopic (exact) mass is 293 g/mol. The van der Waals surface area contributed by atoms with Gasteiger partial charge in [0.2, 0.25) is 0 Å². The molecule has 0 aliphatic rings. The maximum absolute atomic E-state index is 12.0. The summed E-state index contributed by atoms with van der Waals surface area (Å²) >= 11 is 1.43. The van der Waals surface area contributed by atoms with Crippen molar-refractivity contribution in [1.29, 1.82) is 0 Å². The summed E-state index contributed by atoms with van der Waals surface area (Å²) in [5.74, 6) is 0.518. The summed E-state index contributed by atoms with van der Waals surface area (Å²) in [5, 5.41) is 8.72. The van der Waals surface area contributed by atoms with Crippen molar-refractivity contribution >= 4 is 22.4 Å². The lowest BCUT2D eigenvalue weighted by Gasteiger charge is -2.09. The molecule has 2 aromatic heterocycles. The molecular weight excluding hydrogens is 274 g/mol. The molecule has 2 rings (SSSR count). The number of amides is 1. The number of rotatable bonds is 6. The van der Waals surface area contributed by atoms with Crippen LogP contribution in [0.4, 0.5) is 5.13 Å². The number of carbonyl (C=O) groups excluding carboxylic acids is 1. The average molecular weight is 293 g/mol. The molecule has 1 unspecified atom stereocenters. The van der Waals surface area contributed by atoms with E-state index in [9.17, 15) is 4.79 Å². The van der Waals surface area contributed by atoms with Crippen LogP contribution in [-0.4, -0.2) is 17.4 Å². The van der Waals surface area contributed by atoms with Crippen LogP contribution in [0.15, 0.2) is 22.1 Å². The normalized spacial score (nSPS) is 12.3. The lowest BCUT2D eigenvalue weighted by Crippen LogP contribution is -2.19. The molecule has 108 valence electrons. The molecule has 0 radical (unpaired) electrons. The Morgan fingerprint density at radius 2 is 2.35 bits per heavy atom. The zero-order valence-electron chi connectivity index (χ0n) is 11.9. The largest absolute Gasteiger partial charge is 0.469 e. The van der Waals surface area contributed by atoms with E-state index < -0.39 is 0 Å². The first kappa shape index (κ1) is 14.7. The average Bonchev–Trinajstić information content (AvgIpc) is 3.05. The number of aryl methyl sites for hydroxylation is 1. The van der Waals surface area contributed by atoms with Gasteiger partial charge >= 0.3 is 0 Å². The fourth-order valence-electron chi connectivity index (χ4n) is 1.74. The van der Waals surface area contributed by atoms with Crippen molar-refractivity contribution in [2.24, 2.45) is 0 Å². The van der Waals surface area contributed by atoms with Crippen LogP contribution in [0.3, 0.4) is 0 Å². The van der Waals surface area contributed by atoms with E-state index in [1.54, 1.807) is 13.0 Å². The predicted molar refractivity (Wildman–Crippen MR) is 80.2 cm³/mol. The number of hydrogen-bond donors (Lipinski definition) is 2. The first-order valence-electron chi connectivity index (χ1n) is 6.65. The van der Waals surface area contributed by atoms with E-state index in [-0.39, 0.29) is 11.9 Å². The number of aromatic nitrogens is 1. The Labute approximate surface area is 122 Å². The van der Waals surface area contributed by atoms with Gasteiger partial charge in [-0.25, -0.2) is 4.98 Å². The molecule has 2 N–H and O–H groups in total. The number of thiazole rings is 1. The Balaban J connectivity index is 1.97. The number of nitrogens with zero attached hydrogens (tertiary/aromatic N) is 1. The van der Waals surface area contributed by atoms with Crippen LogP contribution in [-0.2, 0) is 0 Å². The summed E-state index contributed by atoms with van der Waals surface area (Å²) in [6.07, 6.45) is 2.53. The number of furan rings is 1. The summed E-state index contributed by atoms with van der Waals surface area (Å²) in [7, 11) is 0. The van der Waals surface area contributed by atoms with Gasteiger partial charge < -0.3 is 9.73 Å². The van der Waals surface area contributed by atoms with Crippen LogP contribution in [0.1, 0.15) is 48.1 Å². The Morgan fingerprint density at radius 1 is 1.55 bits per heavy atom. The third-order valence-electron chi connectivity index (χ3n) is 2.88. The third-order valence-corrected chi connectivity index (χ3v) is 3.66. The Bertz CT molecular complexity index is 576. The fourth-order valence-corrected chi connectivity index (χ4v) is 2.54. The topological polar surface area (TPSA) is 67.2 Å². The highest BCUT2D eigenvalue weighted by Gasteiger charge is 2.13. The number of carbonyl (C=O) groups is 1. The fraction of sp³-hybridized carbons (Fsp3) is 0.429. The van der Waals surface area contributed by atoms with Crippen molar-refractivity contribution in [3.05, 3.63) is 34.7 Å². The highest BCUT2D eigenvalue weighted by Crippen LogP contribution is 2.21. The van der Waals surface area contributed by atoms with Crippen molar-refractivity contribution in [3.63, 3.8) is 0 Å². The minimum Gasteiger partial charge on any atom is -0.469 e. The molecule has 0 saturated heterocycles. The Hall–Kier alpha value is -1.66. The number of anilines is 1. The molecule has 2 aromatic rings. The van der Waals surface area contributed by atoms with Gasteiger partial charge in [0.1, 0.15) is 12.0 Å². The lowest BCUT2D eigenvalue weighted by atomic mass is 10.2. The quantitative estimate of drug-likeness (QED) is 0.857. The molecule has 0 fully saturated rings. The van der Waals surface area contributed by atoms with Crippen LogP contribution in [0.2, 0.25) is 0 Å². The van der Waals surface area contributed by atoms with Gasteiger partial charge in [0.05, 0.1) is 11.3 Å². The number of hydrogen-bond acceptors (Lipinski definition) is 5. The van der Waals surface area contributed by atoms with Crippen LogP contribution < -0.4 is 10.6 Å². The zero-order valence-corrected chi connectivity index (χ0v) is 12.7. The standard InChI is InChI=1S/C14H19N3O2S/c1-4-5-15-10(3)12-8-20-14(16-12)17-13(18)11-6-9(2)19-7-11/h6-8,10,15H,4-5H2,1-3H3,(H,16,17,18). The van der Waals surface area contributed by atoms with E-state index in [0.29, 0.717) is 16.5 Å². The molecule has 1 atom stereocenters. The van der Waals surface area contributed by atoms with Gasteiger partial charge in [-0.2, -0.15) is 0 Å². The molecule has 0 aliphatic heterocycles. The van der Waals surface area contributed by atoms with E-state index in [1.165, 1.54) is 17.6 Å². The number of nitrogens with one attached hydrogen (secondary N) is 2. The van der Waals surface area contributed by atoms with Gasteiger partial charge in [-0.3, -0.25) is 10.1 Å². The van der Waals surface area contributed by atoms with Crippen molar-refractivity contribution in [2.45, 2.75) is 33.2 Å². The second-order valence-corrected chi connectivity index (χ2v) is 5.51. The van der Waals surface area contributed by atoms with Crippen molar-refractivity contribution in [3.8, 4) is 0 Å². The molecule has 5 nitrogen and oxygen atoms in total. The van der Waals surface area contributed by atoms with Gasteiger partial charge in [0.15, 0.2) is 5.13 Å². The Morgan fingerprint density at radius 3 is 3.00 bits per heavy atom. The summed E-state index contributed by atoms with van der Waals surface area (Å²) in [6.45, 7) is 6.95. The van der Waals surface area contributed by atoms with Gasteiger partial charge in [0, 0.05) is 11.4 Å². The molecule has 0 aliphatic carbocycles. The zero-order chi connectivity index (χ0) is 14.5. The van der Waals surface area contributed by atoms with Gasteiger partial charge in [-0.1, -0.05) is 6.92 Å². The summed E-state index contributed by atoms with van der Waals surface area (Å²) in [6, 6.07) is 1.89. The van der Waals surface area contributed by atoms with Crippen molar-refractivity contribution in [2.75, 3.05) is 11.9 Å². The van der Waals surface area contributed by atoms with Gasteiger partial charge in [-0.15, -0.1) is 11.3 Å². The van der Waals surface area contributed by atoms with Gasteiger partial charge in [0.25, 0.3) is 5.91 Å². The van der Waals surface area contributed by atoms with Crippen LogP contribution in [0, 0.1) is 6.92 Å². The Kier molecular flexibility index (Phi) is 4.92. The molecule has 0 saturated carbocycles. The highest BCUT2D eigenvalue weighted by molar-refractivity contribution is 7.14. The van der Waals surface area contributed by atoms with Crippen LogP contribution >= 0.6 is 11.3 Å². The minimum atomic E-state index is -0.197.